The lowest BCUT2D eigenvalue weighted by atomic mass is 10.1. The molecular formula is C19H18FNO3. The molecule has 0 bridgehead atoms. The highest BCUT2D eigenvalue weighted by Gasteiger charge is 2.32. The van der Waals surface area contributed by atoms with Gasteiger partial charge in [-0.1, -0.05) is 18.2 Å². The second-order valence-corrected chi connectivity index (χ2v) is 6.00. The molecule has 0 aromatic heterocycles. The summed E-state index contributed by atoms with van der Waals surface area (Å²) < 4.78 is 13.3. The van der Waals surface area contributed by atoms with Crippen LogP contribution in [0.25, 0.3) is 0 Å². The van der Waals surface area contributed by atoms with Crippen LogP contribution in [0.3, 0.4) is 0 Å². The van der Waals surface area contributed by atoms with Crippen molar-refractivity contribution in [2.75, 3.05) is 6.54 Å². The predicted molar refractivity (Wildman–Crippen MR) is 87.6 cm³/mol. The first kappa shape index (κ1) is 16.2. The maximum Gasteiger partial charge on any atom is 0.335 e. The Morgan fingerprint density at radius 1 is 1.08 bits per heavy atom. The van der Waals surface area contributed by atoms with E-state index in [2.05, 4.69) is 0 Å². The fraction of sp³-hybridized carbons (Fsp3) is 0.263. The number of benzene rings is 2. The molecular weight excluding hydrogens is 309 g/mol. The molecule has 0 spiro atoms. The largest absolute Gasteiger partial charge is 0.478 e. The Morgan fingerprint density at radius 2 is 1.79 bits per heavy atom. The molecule has 2 aromatic rings. The number of carbonyl (C=O) groups is 2. The van der Waals surface area contributed by atoms with Gasteiger partial charge >= 0.3 is 5.97 Å². The van der Waals surface area contributed by atoms with Crippen LogP contribution in [0.15, 0.2) is 48.5 Å². The van der Waals surface area contributed by atoms with Crippen molar-refractivity contribution in [3.05, 3.63) is 71.0 Å². The van der Waals surface area contributed by atoms with Crippen molar-refractivity contribution >= 4 is 11.9 Å². The summed E-state index contributed by atoms with van der Waals surface area (Å²) in [5.74, 6) is -1.51. The monoisotopic (exact) mass is 327 g/mol. The van der Waals surface area contributed by atoms with E-state index in [9.17, 15) is 14.0 Å². The highest BCUT2D eigenvalue weighted by molar-refractivity contribution is 5.97. The maximum atomic E-state index is 13.3. The van der Waals surface area contributed by atoms with Crippen LogP contribution in [0.2, 0.25) is 0 Å². The molecule has 0 heterocycles. The Hall–Kier alpha value is -2.69. The van der Waals surface area contributed by atoms with Gasteiger partial charge in [0.1, 0.15) is 5.82 Å². The number of halogens is 1. The lowest BCUT2D eigenvalue weighted by Gasteiger charge is -2.23. The van der Waals surface area contributed by atoms with E-state index < -0.39 is 5.97 Å². The molecule has 3 rings (SSSR count). The minimum Gasteiger partial charge on any atom is -0.478 e. The van der Waals surface area contributed by atoms with Crippen molar-refractivity contribution in [1.29, 1.82) is 0 Å². The summed E-state index contributed by atoms with van der Waals surface area (Å²) in [5, 5.41) is 9.07. The number of hydrogen-bond donors (Lipinski definition) is 1. The summed E-state index contributed by atoms with van der Waals surface area (Å²) in [6.45, 7) is 0.490. The summed E-state index contributed by atoms with van der Waals surface area (Å²) in [5.41, 5.74) is 1.32. The molecule has 0 atom stereocenters. The van der Waals surface area contributed by atoms with Crippen LogP contribution in [0.5, 0.6) is 0 Å². The molecule has 0 radical (unpaired) electrons. The molecule has 0 saturated heterocycles. The number of aromatic carboxylic acids is 1. The quantitative estimate of drug-likeness (QED) is 0.885. The van der Waals surface area contributed by atoms with Crippen LogP contribution in [0, 0.1) is 5.82 Å². The fourth-order valence-corrected chi connectivity index (χ4v) is 2.73. The van der Waals surface area contributed by atoms with E-state index in [0.29, 0.717) is 18.5 Å². The second kappa shape index (κ2) is 6.83. The molecule has 24 heavy (non-hydrogen) atoms. The summed E-state index contributed by atoms with van der Waals surface area (Å²) in [6, 6.07) is 12.6. The molecule has 1 saturated carbocycles. The van der Waals surface area contributed by atoms with Gasteiger partial charge in [0.15, 0.2) is 0 Å². The van der Waals surface area contributed by atoms with Gasteiger partial charge in [-0.05, 0) is 55.2 Å². The van der Waals surface area contributed by atoms with Crippen LogP contribution in [0.1, 0.15) is 39.1 Å². The van der Waals surface area contributed by atoms with Crippen LogP contribution in [-0.4, -0.2) is 34.5 Å². The Labute approximate surface area is 139 Å². The highest BCUT2D eigenvalue weighted by Crippen LogP contribution is 2.28. The van der Waals surface area contributed by atoms with E-state index in [4.69, 9.17) is 5.11 Å². The van der Waals surface area contributed by atoms with E-state index in [-0.39, 0.29) is 23.3 Å². The van der Waals surface area contributed by atoms with Crippen LogP contribution >= 0.6 is 0 Å². The van der Waals surface area contributed by atoms with Gasteiger partial charge in [-0.15, -0.1) is 0 Å². The van der Waals surface area contributed by atoms with Gasteiger partial charge in [0.25, 0.3) is 5.91 Å². The molecule has 1 N–H and O–H groups in total. The van der Waals surface area contributed by atoms with Crippen molar-refractivity contribution in [2.45, 2.75) is 25.3 Å². The first-order valence-electron chi connectivity index (χ1n) is 7.93. The van der Waals surface area contributed by atoms with Gasteiger partial charge in [-0.2, -0.15) is 0 Å². The first-order chi connectivity index (χ1) is 11.5. The van der Waals surface area contributed by atoms with E-state index in [0.717, 1.165) is 18.4 Å². The van der Waals surface area contributed by atoms with Gasteiger partial charge in [0, 0.05) is 18.2 Å². The van der Waals surface area contributed by atoms with Gasteiger partial charge in [-0.3, -0.25) is 4.79 Å². The zero-order valence-electron chi connectivity index (χ0n) is 13.1. The highest BCUT2D eigenvalue weighted by atomic mass is 19.1. The third-order valence-corrected chi connectivity index (χ3v) is 4.14. The molecule has 4 nitrogen and oxygen atoms in total. The van der Waals surface area contributed by atoms with Crippen LogP contribution in [-0.2, 0) is 6.42 Å². The molecule has 2 aromatic carbocycles. The normalized spacial score (nSPS) is 13.5. The number of hydrogen-bond acceptors (Lipinski definition) is 2. The van der Waals surface area contributed by atoms with Gasteiger partial charge in [0.2, 0.25) is 0 Å². The Bertz CT molecular complexity index is 771. The summed E-state index contributed by atoms with van der Waals surface area (Å²) >= 11 is 0. The smallest absolute Gasteiger partial charge is 0.335 e. The van der Waals surface area contributed by atoms with Crippen LogP contribution in [0.4, 0.5) is 4.39 Å². The van der Waals surface area contributed by atoms with E-state index >= 15 is 0 Å². The Kier molecular flexibility index (Phi) is 4.60. The second-order valence-electron chi connectivity index (χ2n) is 6.00. The number of amides is 1. The van der Waals surface area contributed by atoms with Crippen molar-refractivity contribution in [1.82, 2.24) is 4.90 Å². The summed E-state index contributed by atoms with van der Waals surface area (Å²) in [7, 11) is 0. The lowest BCUT2D eigenvalue weighted by molar-refractivity contribution is 0.0697. The predicted octanol–water partition coefficient (Wildman–Crippen LogP) is 3.37. The average molecular weight is 327 g/mol. The first-order valence-corrected chi connectivity index (χ1v) is 7.93. The zero-order chi connectivity index (χ0) is 17.1. The molecule has 0 unspecified atom stereocenters. The van der Waals surface area contributed by atoms with Gasteiger partial charge < -0.3 is 10.0 Å². The van der Waals surface area contributed by atoms with E-state index in [1.165, 1.54) is 24.3 Å². The Balaban J connectivity index is 1.74. The van der Waals surface area contributed by atoms with Crippen LogP contribution < -0.4 is 0 Å². The SMILES string of the molecule is O=C(O)c1cccc(C(=O)N(CCc2cccc(F)c2)C2CC2)c1. The van der Waals surface area contributed by atoms with Crippen molar-refractivity contribution in [3.63, 3.8) is 0 Å². The molecule has 124 valence electrons. The lowest BCUT2D eigenvalue weighted by Crippen LogP contribution is -2.35. The molecule has 1 aliphatic carbocycles. The fourth-order valence-electron chi connectivity index (χ4n) is 2.73. The van der Waals surface area contributed by atoms with Crippen molar-refractivity contribution < 1.29 is 19.1 Å². The number of carboxylic acids is 1. The zero-order valence-corrected chi connectivity index (χ0v) is 13.1. The van der Waals surface area contributed by atoms with Gasteiger partial charge in [0.05, 0.1) is 5.56 Å². The minimum absolute atomic E-state index is 0.0988. The van der Waals surface area contributed by atoms with Gasteiger partial charge in [-0.25, -0.2) is 9.18 Å². The number of rotatable bonds is 6. The third kappa shape index (κ3) is 3.79. The minimum atomic E-state index is -1.05. The standard InChI is InChI=1S/C19H18FNO3/c20-16-6-1-3-13(11-16)9-10-21(17-7-8-17)18(22)14-4-2-5-15(12-14)19(23)24/h1-6,11-12,17H,7-10H2,(H,23,24). The number of carboxylic acid groups (broad SMARTS) is 1. The van der Waals surface area contributed by atoms with Crippen molar-refractivity contribution in [3.8, 4) is 0 Å². The maximum absolute atomic E-state index is 13.3. The molecule has 1 aliphatic rings. The van der Waals surface area contributed by atoms with E-state index in [1.807, 2.05) is 6.07 Å². The van der Waals surface area contributed by atoms with Crippen molar-refractivity contribution in [2.24, 2.45) is 0 Å². The molecule has 1 amide bonds. The molecule has 0 aliphatic heterocycles. The molecule has 5 heteroatoms. The summed E-state index contributed by atoms with van der Waals surface area (Å²) in [4.78, 5) is 25.6. The van der Waals surface area contributed by atoms with E-state index in [1.54, 1.807) is 23.1 Å². The topological polar surface area (TPSA) is 57.6 Å². The average Bonchev–Trinajstić information content (AvgIpc) is 3.40. The number of nitrogens with zero attached hydrogens (tertiary/aromatic N) is 1. The third-order valence-electron chi connectivity index (χ3n) is 4.14. The Morgan fingerprint density at radius 3 is 2.46 bits per heavy atom. The summed E-state index contributed by atoms with van der Waals surface area (Å²) in [6.07, 6.45) is 2.47. The molecule has 1 fully saturated rings. The number of carbonyl (C=O) groups excluding carboxylic acids is 1.